The van der Waals surface area contributed by atoms with Gasteiger partial charge in [-0.25, -0.2) is 0 Å². The maximum Gasteiger partial charge on any atom is 0.188 e. The Kier molecular flexibility index (Phi) is 10.1. The van der Waals surface area contributed by atoms with Crippen molar-refractivity contribution in [2.75, 3.05) is 44.2 Å². The number of nitrogens with zero attached hydrogens (tertiary/aromatic N) is 3. The maximum absolute atomic E-state index is 5.90. The highest BCUT2D eigenvalue weighted by molar-refractivity contribution is 14.0. The van der Waals surface area contributed by atoms with Gasteiger partial charge in [0, 0.05) is 44.5 Å². The van der Waals surface area contributed by atoms with Crippen LogP contribution in [0.3, 0.4) is 0 Å². The van der Waals surface area contributed by atoms with E-state index in [2.05, 4.69) is 64.3 Å². The Morgan fingerprint density at radius 3 is 2.50 bits per heavy atom. The zero-order valence-electron chi connectivity index (χ0n) is 14.9. The van der Waals surface area contributed by atoms with Gasteiger partial charge in [-0.05, 0) is 25.5 Å². The summed E-state index contributed by atoms with van der Waals surface area (Å²) in [5, 5.41) is 3.17. The predicted octanol–water partition coefficient (Wildman–Crippen LogP) is 2.52. The van der Waals surface area contributed by atoms with Gasteiger partial charge in [0.05, 0.1) is 6.54 Å². The summed E-state index contributed by atoms with van der Waals surface area (Å²) in [5.41, 5.74) is 7.22. The second-order valence-corrected chi connectivity index (χ2v) is 6.21. The van der Waals surface area contributed by atoms with Crippen molar-refractivity contribution < 1.29 is 0 Å². The zero-order valence-corrected chi connectivity index (χ0v) is 17.3. The van der Waals surface area contributed by atoms with E-state index in [1.807, 2.05) is 0 Å². The summed E-state index contributed by atoms with van der Waals surface area (Å²) in [6.45, 7) is 10.4. The summed E-state index contributed by atoms with van der Waals surface area (Å²) in [5.74, 6) is 0.577. The molecule has 1 atom stereocenters. The molecule has 1 heterocycles. The number of hydrogen-bond acceptors (Lipinski definition) is 3. The van der Waals surface area contributed by atoms with Crippen LogP contribution in [0.25, 0.3) is 0 Å². The molecule has 24 heavy (non-hydrogen) atoms. The number of rotatable bonds is 7. The summed E-state index contributed by atoms with van der Waals surface area (Å²) in [7, 11) is 0. The highest BCUT2D eigenvalue weighted by atomic mass is 127. The molecule has 0 saturated carbocycles. The number of piperazine rings is 1. The first kappa shape index (κ1) is 21.0. The van der Waals surface area contributed by atoms with Crippen LogP contribution in [-0.4, -0.2) is 56.2 Å². The lowest BCUT2D eigenvalue weighted by Gasteiger charge is -2.38. The fourth-order valence-electron chi connectivity index (χ4n) is 2.85. The van der Waals surface area contributed by atoms with Crippen LogP contribution in [0.4, 0.5) is 5.69 Å². The lowest BCUT2D eigenvalue weighted by molar-refractivity contribution is 0.201. The molecule has 0 aliphatic carbocycles. The van der Waals surface area contributed by atoms with E-state index < -0.39 is 0 Å². The number of benzene rings is 1. The molecule has 0 amide bonds. The van der Waals surface area contributed by atoms with Gasteiger partial charge < -0.3 is 16.0 Å². The van der Waals surface area contributed by atoms with Crippen molar-refractivity contribution in [1.82, 2.24) is 10.2 Å². The Hall–Kier alpha value is -1.02. The Morgan fingerprint density at radius 1 is 1.21 bits per heavy atom. The van der Waals surface area contributed by atoms with E-state index in [-0.39, 0.29) is 24.0 Å². The molecule has 1 fully saturated rings. The number of para-hydroxylation sites is 1. The summed E-state index contributed by atoms with van der Waals surface area (Å²) in [6, 6.07) is 11.1. The van der Waals surface area contributed by atoms with Gasteiger partial charge in [0.2, 0.25) is 0 Å². The number of unbranched alkanes of at least 4 members (excludes halogenated alkanes) is 1. The molecule has 0 radical (unpaired) electrons. The smallest absolute Gasteiger partial charge is 0.188 e. The second-order valence-electron chi connectivity index (χ2n) is 6.21. The average Bonchev–Trinajstić information content (AvgIpc) is 2.61. The molecular formula is C18H32IN5. The second kappa shape index (κ2) is 11.5. The van der Waals surface area contributed by atoms with E-state index in [4.69, 9.17) is 5.73 Å². The standard InChI is InChI=1S/C18H31N5.HI/c1-3-4-10-20-18(19)21-15-16(2)22-11-13-23(14-12-22)17-8-6-5-7-9-17;/h5-9,16H,3-4,10-15H2,1-2H3,(H3,19,20,21);1H. The first-order valence-electron chi connectivity index (χ1n) is 8.78. The fourth-order valence-corrected chi connectivity index (χ4v) is 2.85. The number of hydrogen-bond donors (Lipinski definition) is 2. The van der Waals surface area contributed by atoms with Gasteiger partial charge in [0.25, 0.3) is 0 Å². The molecule has 0 spiro atoms. The predicted molar refractivity (Wildman–Crippen MR) is 115 cm³/mol. The minimum Gasteiger partial charge on any atom is -0.370 e. The minimum absolute atomic E-state index is 0. The number of nitrogens with one attached hydrogen (secondary N) is 1. The van der Waals surface area contributed by atoms with Crippen molar-refractivity contribution in [1.29, 1.82) is 0 Å². The molecular weight excluding hydrogens is 413 g/mol. The quantitative estimate of drug-likeness (QED) is 0.293. The lowest BCUT2D eigenvalue weighted by Crippen LogP contribution is -2.50. The molecule has 0 aromatic heterocycles. The third kappa shape index (κ3) is 6.84. The van der Waals surface area contributed by atoms with E-state index in [1.165, 1.54) is 12.1 Å². The SMILES string of the molecule is CCCCNC(N)=NCC(C)N1CCN(c2ccccc2)CC1.I. The molecule has 1 unspecified atom stereocenters. The number of guanidine groups is 1. The van der Waals surface area contributed by atoms with Crippen LogP contribution >= 0.6 is 24.0 Å². The van der Waals surface area contributed by atoms with Gasteiger partial charge >= 0.3 is 0 Å². The first-order chi connectivity index (χ1) is 11.2. The average molecular weight is 445 g/mol. The van der Waals surface area contributed by atoms with Gasteiger partial charge in [-0.1, -0.05) is 31.5 Å². The molecule has 1 aliphatic heterocycles. The maximum atomic E-state index is 5.90. The van der Waals surface area contributed by atoms with Crippen LogP contribution in [0.2, 0.25) is 0 Å². The van der Waals surface area contributed by atoms with Crippen molar-refractivity contribution in [2.45, 2.75) is 32.7 Å². The number of anilines is 1. The van der Waals surface area contributed by atoms with E-state index in [9.17, 15) is 0 Å². The molecule has 5 nitrogen and oxygen atoms in total. The van der Waals surface area contributed by atoms with Crippen LogP contribution in [0.15, 0.2) is 35.3 Å². The molecule has 2 rings (SSSR count). The number of halogens is 1. The largest absolute Gasteiger partial charge is 0.370 e. The van der Waals surface area contributed by atoms with E-state index >= 15 is 0 Å². The molecule has 6 heteroatoms. The Bertz CT molecular complexity index is 472. The summed E-state index contributed by atoms with van der Waals surface area (Å²) in [6.07, 6.45) is 2.30. The summed E-state index contributed by atoms with van der Waals surface area (Å²) < 4.78 is 0. The molecule has 0 bridgehead atoms. The van der Waals surface area contributed by atoms with Crippen molar-refractivity contribution >= 4 is 35.6 Å². The monoisotopic (exact) mass is 445 g/mol. The van der Waals surface area contributed by atoms with Crippen LogP contribution in [-0.2, 0) is 0 Å². The Balaban J connectivity index is 0.00000288. The summed E-state index contributed by atoms with van der Waals surface area (Å²) in [4.78, 5) is 9.43. The minimum atomic E-state index is 0. The van der Waals surface area contributed by atoms with Gasteiger partial charge in [-0.2, -0.15) is 0 Å². The molecule has 1 aliphatic rings. The topological polar surface area (TPSA) is 56.9 Å². The first-order valence-corrected chi connectivity index (χ1v) is 8.78. The van der Waals surface area contributed by atoms with Gasteiger partial charge in [0.15, 0.2) is 5.96 Å². The van der Waals surface area contributed by atoms with Crippen molar-refractivity contribution in [3.8, 4) is 0 Å². The highest BCUT2D eigenvalue weighted by Crippen LogP contribution is 2.16. The fraction of sp³-hybridized carbons (Fsp3) is 0.611. The van der Waals surface area contributed by atoms with Gasteiger partial charge in [-0.3, -0.25) is 9.89 Å². The molecule has 1 aromatic carbocycles. The lowest BCUT2D eigenvalue weighted by atomic mass is 10.2. The van der Waals surface area contributed by atoms with Crippen molar-refractivity contribution in [3.05, 3.63) is 30.3 Å². The van der Waals surface area contributed by atoms with E-state index in [0.29, 0.717) is 12.0 Å². The van der Waals surface area contributed by atoms with Gasteiger partial charge in [0.1, 0.15) is 0 Å². The Morgan fingerprint density at radius 2 is 1.88 bits per heavy atom. The highest BCUT2D eigenvalue weighted by Gasteiger charge is 2.20. The Labute approximate surface area is 163 Å². The molecule has 3 N–H and O–H groups in total. The van der Waals surface area contributed by atoms with Crippen molar-refractivity contribution in [3.63, 3.8) is 0 Å². The summed E-state index contributed by atoms with van der Waals surface area (Å²) >= 11 is 0. The molecule has 1 aromatic rings. The molecule has 136 valence electrons. The van der Waals surface area contributed by atoms with Gasteiger partial charge in [-0.15, -0.1) is 24.0 Å². The number of nitrogens with two attached hydrogens (primary N) is 1. The van der Waals surface area contributed by atoms with Crippen LogP contribution in [0.1, 0.15) is 26.7 Å². The number of aliphatic imine (C=N–C) groups is 1. The third-order valence-electron chi connectivity index (χ3n) is 4.42. The third-order valence-corrected chi connectivity index (χ3v) is 4.42. The molecule has 1 saturated heterocycles. The van der Waals surface area contributed by atoms with Crippen LogP contribution in [0.5, 0.6) is 0 Å². The normalized spacial score (nSPS) is 17.2. The van der Waals surface area contributed by atoms with Crippen LogP contribution < -0.4 is 16.0 Å². The van der Waals surface area contributed by atoms with Crippen molar-refractivity contribution in [2.24, 2.45) is 10.7 Å². The van der Waals surface area contributed by atoms with E-state index in [0.717, 1.165) is 45.7 Å². The van der Waals surface area contributed by atoms with Crippen LogP contribution in [0, 0.1) is 0 Å². The van der Waals surface area contributed by atoms with E-state index in [1.54, 1.807) is 0 Å². The zero-order chi connectivity index (χ0) is 16.5.